The van der Waals surface area contributed by atoms with Crippen LogP contribution in [0.4, 0.5) is 0 Å². The van der Waals surface area contributed by atoms with E-state index in [1.807, 2.05) is 69.2 Å². The van der Waals surface area contributed by atoms with Crippen LogP contribution in [-0.4, -0.2) is 323 Å². The quantitative estimate of drug-likeness (QED) is 0.0373. The molecule has 10 nitrogen and oxygen atoms in total. The summed E-state index contributed by atoms with van der Waals surface area (Å²) in [7, 11) is 108. The number of Topliss-reactive ketones (excluding diaryl/α,β-unsaturated/α-hetero) is 2. The minimum Gasteiger partial charge on any atom is -0.466 e. The van der Waals surface area contributed by atoms with Gasteiger partial charge in [0.15, 0.2) is 0 Å². The Morgan fingerprint density at radius 2 is 0.612 bits per heavy atom. The normalized spacial score (nSPS) is 14.9. The molecule has 39 radical (unpaired) electrons. The zero-order chi connectivity index (χ0) is 80.8. The monoisotopic (exact) mass is 1340 g/mol. The summed E-state index contributed by atoms with van der Waals surface area (Å²) in [5, 5.41) is 0. The third-order valence-corrected chi connectivity index (χ3v) is 21.4. The van der Waals surface area contributed by atoms with Crippen molar-refractivity contribution in [1.29, 1.82) is 0 Å². The van der Waals surface area contributed by atoms with Crippen LogP contribution < -0.4 is 0 Å². The summed E-state index contributed by atoms with van der Waals surface area (Å²) in [6.45, 7) is 40.5. The van der Waals surface area contributed by atoms with Crippen molar-refractivity contribution >= 4 is 288 Å². The summed E-state index contributed by atoms with van der Waals surface area (Å²) in [5.41, 5.74) is -1.11. The van der Waals surface area contributed by atoms with E-state index in [1.165, 1.54) is 7.06 Å². The van der Waals surface area contributed by atoms with Gasteiger partial charge in [0.05, 0.1) is 46.4 Å². The summed E-state index contributed by atoms with van der Waals surface area (Å²) < 4.78 is 37.0. The van der Waals surface area contributed by atoms with E-state index in [9.17, 15) is 19.2 Å². The highest BCUT2D eigenvalue weighted by molar-refractivity contribution is 8.22. The van der Waals surface area contributed by atoms with E-state index in [0.717, 1.165) is 127 Å². The van der Waals surface area contributed by atoms with Crippen molar-refractivity contribution in [1.82, 2.24) is 0 Å². The molecule has 0 amide bonds. The number of carbonyl (C=O) groups is 4. The molecule has 0 atom stereocenters. The first-order valence-electron chi connectivity index (χ1n) is 37.4. The number of allylic oxidation sites excluding steroid dienone is 2. The number of esters is 2. The van der Waals surface area contributed by atoms with Crippen LogP contribution in [0.2, 0.25) is 0 Å². The van der Waals surface area contributed by atoms with Crippen molar-refractivity contribution in [2.45, 2.75) is 276 Å². The van der Waals surface area contributed by atoms with E-state index < -0.39 is 137 Å². The molecule has 2 saturated heterocycles. The fourth-order valence-electron chi connectivity index (χ4n) is 12.3. The van der Waals surface area contributed by atoms with Crippen molar-refractivity contribution in [2.24, 2.45) is 21.7 Å². The molecule has 103 heavy (non-hydrogen) atoms. The highest BCUT2D eigenvalue weighted by atomic mass is 16.7. The Morgan fingerprint density at radius 3 is 0.854 bits per heavy atom. The van der Waals surface area contributed by atoms with Crippen molar-refractivity contribution < 1.29 is 47.3 Å². The Labute approximate surface area is 664 Å². The Balaban J connectivity index is 0. The van der Waals surface area contributed by atoms with Crippen LogP contribution in [0.25, 0.3) is 0 Å². The molecule has 2 fully saturated rings. The number of ketones is 2. The first-order chi connectivity index (χ1) is 47.0. The maximum atomic E-state index is 12.5. The second kappa shape index (κ2) is 48.7. The summed E-state index contributed by atoms with van der Waals surface area (Å²) >= 11 is 0. The van der Waals surface area contributed by atoms with Crippen LogP contribution in [0.1, 0.15) is 254 Å². The molecule has 2 heterocycles. The van der Waals surface area contributed by atoms with Crippen molar-refractivity contribution in [3.8, 4) is 11.8 Å². The predicted octanol–water partition coefficient (Wildman–Crippen LogP) is 0.638. The molecule has 0 aliphatic carbocycles. The van der Waals surface area contributed by atoms with Crippen LogP contribution in [0, 0.1) is 33.5 Å². The van der Waals surface area contributed by atoms with Gasteiger partial charge < -0.3 is 28.1 Å². The lowest BCUT2D eigenvalue weighted by molar-refractivity contribution is -0.154. The lowest BCUT2D eigenvalue weighted by Gasteiger charge is -2.45. The maximum Gasteiger partial charge on any atom is 0.489 e. The zero-order valence-corrected chi connectivity index (χ0v) is 67.6. The molecule has 0 unspecified atom stereocenters. The Hall–Kier alpha value is -0.177. The van der Waals surface area contributed by atoms with Gasteiger partial charge >= 0.3 is 26.2 Å². The molecular formula is C56H100B37O10. The molecule has 0 spiro atoms. The number of rotatable bonds is 42. The van der Waals surface area contributed by atoms with Gasteiger partial charge in [0.25, 0.3) is 0 Å². The molecule has 0 N–H and O–H groups in total. The number of unbranched alkanes of at least 4 members (excludes halogenated alkanes) is 8. The third-order valence-electron chi connectivity index (χ3n) is 21.4. The molecule has 0 aromatic carbocycles. The van der Waals surface area contributed by atoms with E-state index in [1.54, 1.807) is 13.8 Å². The largest absolute Gasteiger partial charge is 0.489 e. The summed E-state index contributed by atoms with van der Waals surface area (Å²) in [5.74, 6) is 6.73. The fourth-order valence-corrected chi connectivity index (χ4v) is 12.3. The SMILES string of the molecule is CCOC(=O)C(C)(C)CCCC/C(B1OC(C)(C)C(C)(C)O1)=C(\CCCCCC(C)(C)C(C)=O)B1OC(C)(C)C(C)(C)O1.CCOC(=O)C(C)(C)CCCCC#CCCCCCC(C)(C)C(C)=O.[B]B([B])B(B([B])[B])B(B(B([B])[B])B([B])[B])B(B([B])[B])B([B])[B].[B][B]B(B([B])[B])B(B([B])[B])B([B])[B]. The molecule has 0 aromatic heterocycles. The van der Waals surface area contributed by atoms with Crippen molar-refractivity contribution in [2.75, 3.05) is 13.2 Å². The number of ether oxygens (including phenoxy) is 2. The molecule has 0 bridgehead atoms. The average molecular weight is 1330 g/mol. The van der Waals surface area contributed by atoms with Gasteiger partial charge in [-0.15, -0.1) is 11.8 Å². The molecule has 47 heteroatoms. The highest BCUT2D eigenvalue weighted by Crippen LogP contribution is 2.45. The van der Waals surface area contributed by atoms with Crippen LogP contribution in [0.15, 0.2) is 10.9 Å². The van der Waals surface area contributed by atoms with Crippen LogP contribution in [0.3, 0.4) is 0 Å². The highest BCUT2D eigenvalue weighted by Gasteiger charge is 2.57. The average Bonchev–Trinajstić information content (AvgIpc) is 1.61. The van der Waals surface area contributed by atoms with E-state index >= 15 is 0 Å². The molecule has 0 saturated carbocycles. The van der Waals surface area contributed by atoms with Gasteiger partial charge in [-0.3, -0.25) is 19.2 Å². The van der Waals surface area contributed by atoms with E-state index in [0.29, 0.717) is 13.2 Å². The molecule has 2 aliphatic rings. The Bertz CT molecular complexity index is 2460. The van der Waals surface area contributed by atoms with E-state index in [2.05, 4.69) is 67.2 Å². The maximum absolute atomic E-state index is 12.5. The summed E-state index contributed by atoms with van der Waals surface area (Å²) in [4.78, 5) is 47.8. The smallest absolute Gasteiger partial charge is 0.466 e. The van der Waals surface area contributed by atoms with Crippen LogP contribution in [-0.2, 0) is 47.3 Å². The zero-order valence-electron chi connectivity index (χ0n) is 67.6. The second-order valence-electron chi connectivity index (χ2n) is 33.1. The first kappa shape index (κ1) is 105. The van der Waals surface area contributed by atoms with Gasteiger partial charge in [-0.05, 0) is 173 Å². The minimum absolute atomic E-state index is 0.103. The Kier molecular flexibility index (Phi) is 49.6. The molecule has 2 rings (SSSR count). The Morgan fingerprint density at radius 1 is 0.369 bits per heavy atom. The second-order valence-corrected chi connectivity index (χ2v) is 33.1. The lowest BCUT2D eigenvalue weighted by Crippen LogP contribution is -2.83. The van der Waals surface area contributed by atoms with Gasteiger partial charge in [-0.25, -0.2) is 0 Å². The van der Waals surface area contributed by atoms with Gasteiger partial charge in [0.1, 0.15) is 11.6 Å². The van der Waals surface area contributed by atoms with Gasteiger partial charge in [-0.2, -0.15) is 0 Å². The van der Waals surface area contributed by atoms with Gasteiger partial charge in [-0.1, -0.05) is 79.1 Å². The fraction of sp³-hybridized carbons (Fsp3) is 0.857. The molecular weight excluding hydrogens is 1230 g/mol. The van der Waals surface area contributed by atoms with E-state index in [-0.39, 0.29) is 40.7 Å². The first-order valence-corrected chi connectivity index (χ1v) is 37.4. The third kappa shape index (κ3) is 36.5. The van der Waals surface area contributed by atoms with Gasteiger partial charge in [0, 0.05) is 274 Å². The van der Waals surface area contributed by atoms with E-state index in [4.69, 9.17) is 175 Å². The summed E-state index contributed by atoms with van der Waals surface area (Å²) in [6, 6.07) is 0. The van der Waals surface area contributed by atoms with Crippen molar-refractivity contribution in [3.63, 3.8) is 0 Å². The van der Waals surface area contributed by atoms with Crippen LogP contribution >= 0.6 is 0 Å². The molecule has 495 valence electrons. The predicted molar refractivity (Wildman–Crippen MR) is 481 cm³/mol. The topological polar surface area (TPSA) is 124 Å². The van der Waals surface area contributed by atoms with Crippen molar-refractivity contribution in [3.05, 3.63) is 10.9 Å². The number of carbonyl (C=O) groups excluding carboxylic acids is 4. The number of hydrogen-bond acceptors (Lipinski definition) is 10. The van der Waals surface area contributed by atoms with Crippen LogP contribution in [0.5, 0.6) is 0 Å². The lowest BCUT2D eigenvalue weighted by atomic mass is 8.36. The summed E-state index contributed by atoms with van der Waals surface area (Å²) in [6.07, 6.45) is 5.65. The standard InChI is InChI=1S/C34H62B2O7.C22H38O3.B22.B13/c1-15-39-28(38)30(5,6)24-20-18-22-27(36-42-33(11,12)34(13,14)43-36)26(35-40-31(7,8)32(9,10)41-35)21-17-16-19-23-29(3,4)25(2)37;1-7-25-20(24)22(5,6)18-16-14-12-10-8-9-11-13-15-17-21(3,4)19(2)23;1-13(2)19(14(3)4)22(20(15(5)6)16(7)8)21(17(9)10)18(11)12;1-8-12(9(2)3)13(10(4)5)11(6)7/h15-24H2,1-14H3;7,9,11-18H2,1-6H3;;/b27-26-;;;. The number of hydrogen-bond donors (Lipinski definition) is 0. The minimum atomic E-state index is -0.926. The van der Waals surface area contributed by atoms with Gasteiger partial charge in [0.2, 0.25) is 0 Å². The molecule has 0 aromatic rings. The molecule has 2 aliphatic heterocycles.